The Hall–Kier alpha value is -2.45. The highest BCUT2D eigenvalue weighted by molar-refractivity contribution is 7.89. The molecule has 0 bridgehead atoms. The third kappa shape index (κ3) is 5.13. The lowest BCUT2D eigenvalue weighted by Crippen LogP contribution is -2.45. The van der Waals surface area contributed by atoms with Crippen molar-refractivity contribution in [1.29, 1.82) is 0 Å². The second-order valence-electron chi connectivity index (χ2n) is 6.90. The Kier molecular flexibility index (Phi) is 6.87. The lowest BCUT2D eigenvalue weighted by molar-refractivity contribution is -0.117. The molecular formula is C21H25FN2O4S. The van der Waals surface area contributed by atoms with Crippen LogP contribution in [0.2, 0.25) is 0 Å². The van der Waals surface area contributed by atoms with Gasteiger partial charge in [-0.25, -0.2) is 12.8 Å². The van der Waals surface area contributed by atoms with Gasteiger partial charge in [0.15, 0.2) is 0 Å². The molecule has 1 heterocycles. The van der Waals surface area contributed by atoms with Crippen molar-refractivity contribution in [3.05, 3.63) is 54.3 Å². The van der Waals surface area contributed by atoms with E-state index in [2.05, 4.69) is 5.32 Å². The van der Waals surface area contributed by atoms with Crippen LogP contribution in [-0.4, -0.2) is 37.8 Å². The third-order valence-corrected chi connectivity index (χ3v) is 6.84. The van der Waals surface area contributed by atoms with Crippen LogP contribution in [0.4, 0.5) is 10.1 Å². The topological polar surface area (TPSA) is 75.7 Å². The van der Waals surface area contributed by atoms with Crippen molar-refractivity contribution in [2.45, 2.75) is 43.5 Å². The maximum Gasteiger partial charge on any atom is 0.243 e. The molecule has 1 N–H and O–H groups in total. The number of rotatable bonds is 7. The van der Waals surface area contributed by atoms with Gasteiger partial charge in [-0.1, -0.05) is 18.6 Å². The Bertz CT molecular complexity index is 947. The van der Waals surface area contributed by atoms with Crippen LogP contribution in [0.3, 0.4) is 0 Å². The van der Waals surface area contributed by atoms with Crippen LogP contribution in [0.5, 0.6) is 5.75 Å². The summed E-state index contributed by atoms with van der Waals surface area (Å²) in [5, 5.41) is 2.83. The summed E-state index contributed by atoms with van der Waals surface area (Å²) in [7, 11) is -3.80. The van der Waals surface area contributed by atoms with Gasteiger partial charge in [-0.2, -0.15) is 4.31 Å². The SMILES string of the molecule is CCOc1ccccc1NC(=O)C[C@H]1CCCCN1S(=O)(=O)c1ccc(F)cc1. The van der Waals surface area contributed by atoms with E-state index in [-0.39, 0.29) is 17.2 Å². The van der Waals surface area contributed by atoms with Gasteiger partial charge in [0, 0.05) is 19.0 Å². The fraction of sp³-hybridized carbons (Fsp3) is 0.381. The monoisotopic (exact) mass is 420 g/mol. The fourth-order valence-corrected chi connectivity index (χ4v) is 5.20. The minimum Gasteiger partial charge on any atom is -0.492 e. The number of para-hydroxylation sites is 2. The summed E-state index contributed by atoms with van der Waals surface area (Å²) in [5.74, 6) is -0.197. The number of halogens is 1. The minimum absolute atomic E-state index is 0.0351. The highest BCUT2D eigenvalue weighted by Crippen LogP contribution is 2.29. The molecule has 29 heavy (non-hydrogen) atoms. The van der Waals surface area contributed by atoms with Crippen molar-refractivity contribution >= 4 is 21.6 Å². The summed E-state index contributed by atoms with van der Waals surface area (Å²) < 4.78 is 46.2. The molecule has 1 amide bonds. The Morgan fingerprint density at radius 2 is 1.90 bits per heavy atom. The molecule has 2 aromatic carbocycles. The van der Waals surface area contributed by atoms with Crippen molar-refractivity contribution in [3.63, 3.8) is 0 Å². The summed E-state index contributed by atoms with van der Waals surface area (Å²) in [5.41, 5.74) is 0.558. The van der Waals surface area contributed by atoms with Crippen LogP contribution in [0.15, 0.2) is 53.4 Å². The number of sulfonamides is 1. The first-order valence-electron chi connectivity index (χ1n) is 9.71. The molecule has 2 aromatic rings. The predicted octanol–water partition coefficient (Wildman–Crippen LogP) is 3.80. The molecule has 3 rings (SSSR count). The quantitative estimate of drug-likeness (QED) is 0.739. The molecular weight excluding hydrogens is 395 g/mol. The number of amides is 1. The summed E-state index contributed by atoms with van der Waals surface area (Å²) in [6.45, 7) is 2.67. The number of hydrogen-bond donors (Lipinski definition) is 1. The van der Waals surface area contributed by atoms with Crippen LogP contribution in [-0.2, 0) is 14.8 Å². The number of hydrogen-bond acceptors (Lipinski definition) is 4. The van der Waals surface area contributed by atoms with E-state index in [1.54, 1.807) is 18.2 Å². The van der Waals surface area contributed by atoms with Gasteiger partial charge < -0.3 is 10.1 Å². The van der Waals surface area contributed by atoms with Crippen LogP contribution in [0.25, 0.3) is 0 Å². The normalized spacial score (nSPS) is 17.7. The molecule has 1 aliphatic heterocycles. The number of ether oxygens (including phenoxy) is 1. The molecule has 1 atom stereocenters. The number of anilines is 1. The summed E-state index contributed by atoms with van der Waals surface area (Å²) in [6, 6.07) is 11.5. The molecule has 1 saturated heterocycles. The first-order chi connectivity index (χ1) is 13.9. The Labute approximate surface area is 170 Å². The lowest BCUT2D eigenvalue weighted by Gasteiger charge is -2.34. The molecule has 8 heteroatoms. The number of nitrogens with one attached hydrogen (secondary N) is 1. The second kappa shape index (κ2) is 9.37. The van der Waals surface area contributed by atoms with Crippen LogP contribution in [0.1, 0.15) is 32.6 Å². The molecule has 0 unspecified atom stereocenters. The third-order valence-electron chi connectivity index (χ3n) is 4.88. The van der Waals surface area contributed by atoms with Gasteiger partial charge in [0.25, 0.3) is 0 Å². The van der Waals surface area contributed by atoms with Gasteiger partial charge in [0.2, 0.25) is 15.9 Å². The summed E-state index contributed by atoms with van der Waals surface area (Å²) in [4.78, 5) is 12.7. The molecule has 0 radical (unpaired) electrons. The van der Waals surface area contributed by atoms with Crippen molar-refractivity contribution in [2.24, 2.45) is 0 Å². The zero-order valence-corrected chi connectivity index (χ0v) is 17.1. The first kappa shape index (κ1) is 21.3. The molecule has 0 spiro atoms. The molecule has 6 nitrogen and oxygen atoms in total. The smallest absolute Gasteiger partial charge is 0.243 e. The number of carbonyl (C=O) groups excluding carboxylic acids is 1. The van der Waals surface area contributed by atoms with Crippen molar-refractivity contribution in [2.75, 3.05) is 18.5 Å². The van der Waals surface area contributed by atoms with Gasteiger partial charge in [0.1, 0.15) is 11.6 Å². The predicted molar refractivity (Wildman–Crippen MR) is 109 cm³/mol. The van der Waals surface area contributed by atoms with Crippen LogP contribution in [0, 0.1) is 5.82 Å². The Balaban J connectivity index is 1.75. The van der Waals surface area contributed by atoms with E-state index in [0.717, 1.165) is 25.0 Å². The molecule has 0 aromatic heterocycles. The van der Waals surface area contributed by atoms with Crippen LogP contribution >= 0.6 is 0 Å². The number of carbonyl (C=O) groups is 1. The fourth-order valence-electron chi connectivity index (χ4n) is 3.50. The summed E-state index contributed by atoms with van der Waals surface area (Å²) >= 11 is 0. The van der Waals surface area contributed by atoms with Gasteiger partial charge in [-0.05, 0) is 56.2 Å². The molecule has 1 fully saturated rings. The zero-order valence-electron chi connectivity index (χ0n) is 16.3. The van der Waals surface area contributed by atoms with Crippen molar-refractivity contribution in [1.82, 2.24) is 4.31 Å². The molecule has 156 valence electrons. The van der Waals surface area contributed by atoms with E-state index in [1.807, 2.05) is 13.0 Å². The molecule has 0 aliphatic carbocycles. The van der Waals surface area contributed by atoms with E-state index in [4.69, 9.17) is 4.74 Å². The van der Waals surface area contributed by atoms with E-state index in [1.165, 1.54) is 16.4 Å². The van der Waals surface area contributed by atoms with Gasteiger partial charge in [0.05, 0.1) is 17.2 Å². The highest BCUT2D eigenvalue weighted by atomic mass is 32.2. The molecule has 1 aliphatic rings. The van der Waals surface area contributed by atoms with E-state index in [9.17, 15) is 17.6 Å². The van der Waals surface area contributed by atoms with Crippen molar-refractivity contribution < 1.29 is 22.3 Å². The average Bonchev–Trinajstić information content (AvgIpc) is 2.70. The average molecular weight is 421 g/mol. The minimum atomic E-state index is -3.80. The number of benzene rings is 2. The maximum atomic E-state index is 13.2. The first-order valence-corrected chi connectivity index (χ1v) is 11.1. The van der Waals surface area contributed by atoms with E-state index >= 15 is 0 Å². The van der Waals surface area contributed by atoms with Gasteiger partial charge >= 0.3 is 0 Å². The van der Waals surface area contributed by atoms with Crippen LogP contribution < -0.4 is 10.1 Å². The largest absolute Gasteiger partial charge is 0.492 e. The lowest BCUT2D eigenvalue weighted by atomic mass is 10.0. The number of nitrogens with zero attached hydrogens (tertiary/aromatic N) is 1. The van der Waals surface area contributed by atoms with Crippen molar-refractivity contribution in [3.8, 4) is 5.75 Å². The highest BCUT2D eigenvalue weighted by Gasteiger charge is 2.34. The maximum absolute atomic E-state index is 13.2. The Morgan fingerprint density at radius 1 is 1.17 bits per heavy atom. The summed E-state index contributed by atoms with van der Waals surface area (Å²) in [6.07, 6.45) is 2.22. The van der Waals surface area contributed by atoms with Gasteiger partial charge in [-0.3, -0.25) is 4.79 Å². The Morgan fingerprint density at radius 3 is 2.62 bits per heavy atom. The zero-order chi connectivity index (χ0) is 20.9. The van der Waals surface area contributed by atoms with Gasteiger partial charge in [-0.15, -0.1) is 0 Å². The van der Waals surface area contributed by atoms with E-state index in [0.29, 0.717) is 31.0 Å². The second-order valence-corrected chi connectivity index (χ2v) is 8.79. The standard InChI is InChI=1S/C21H25FN2O4S/c1-2-28-20-9-4-3-8-19(20)23-21(25)15-17-7-5-6-14-24(17)29(26,27)18-12-10-16(22)11-13-18/h3-4,8-13,17H,2,5-7,14-15H2,1H3,(H,23,25)/t17-/m1/s1. The number of piperidine rings is 1. The molecule has 0 saturated carbocycles. The van der Waals surface area contributed by atoms with E-state index < -0.39 is 21.9 Å².